The molecule has 0 spiro atoms. The molecule has 6 heteroatoms. The van der Waals surface area contributed by atoms with E-state index in [0.717, 1.165) is 43.1 Å². The minimum absolute atomic E-state index is 0.00705. The number of nitrogens with one attached hydrogen (secondary N) is 1. The number of rotatable bonds is 5. The van der Waals surface area contributed by atoms with Crippen LogP contribution >= 0.6 is 11.6 Å². The molecule has 3 rings (SSSR count). The molecule has 3 N–H and O–H groups in total. The van der Waals surface area contributed by atoms with Crippen LogP contribution in [0.1, 0.15) is 28.8 Å². The number of likely N-dealkylation sites (tertiary alicyclic amines) is 1. The van der Waals surface area contributed by atoms with E-state index in [9.17, 15) is 9.59 Å². The van der Waals surface area contributed by atoms with E-state index in [1.165, 1.54) is 0 Å². The van der Waals surface area contributed by atoms with Crippen molar-refractivity contribution in [3.8, 4) is 0 Å². The fraction of sp³-hybridized carbons (Fsp3) is 0.300. The van der Waals surface area contributed by atoms with Gasteiger partial charge < -0.3 is 11.1 Å². The van der Waals surface area contributed by atoms with Gasteiger partial charge in [-0.3, -0.25) is 14.5 Å². The highest BCUT2D eigenvalue weighted by Gasteiger charge is 2.25. The number of benzene rings is 2. The second-order valence-corrected chi connectivity index (χ2v) is 7.07. The van der Waals surface area contributed by atoms with Gasteiger partial charge in [-0.2, -0.15) is 0 Å². The molecule has 0 aliphatic carbocycles. The monoisotopic (exact) mass is 371 g/mol. The van der Waals surface area contributed by atoms with E-state index in [4.69, 9.17) is 17.3 Å². The van der Waals surface area contributed by atoms with Crippen LogP contribution in [0.3, 0.4) is 0 Å². The zero-order chi connectivity index (χ0) is 18.5. The highest BCUT2D eigenvalue weighted by atomic mass is 35.5. The van der Waals surface area contributed by atoms with Crippen molar-refractivity contribution in [1.29, 1.82) is 0 Å². The summed E-state index contributed by atoms with van der Waals surface area (Å²) in [6.45, 7) is 2.49. The van der Waals surface area contributed by atoms with Crippen molar-refractivity contribution in [1.82, 2.24) is 4.90 Å². The van der Waals surface area contributed by atoms with Crippen LogP contribution in [0.15, 0.2) is 48.5 Å². The molecule has 0 bridgehead atoms. The van der Waals surface area contributed by atoms with E-state index in [1.54, 1.807) is 24.3 Å². The SMILES string of the molecule is NC(=O)c1ccc(NC(=O)C2CCCN(Cc3cccc(Cl)c3)C2)cc1. The molecule has 5 nitrogen and oxygen atoms in total. The normalized spacial score (nSPS) is 17.7. The van der Waals surface area contributed by atoms with Gasteiger partial charge in [0.1, 0.15) is 0 Å². The molecule has 2 aromatic rings. The molecule has 136 valence electrons. The standard InChI is InChI=1S/C20H22ClN3O2/c21-17-5-1-3-14(11-17)12-24-10-2-4-16(13-24)20(26)23-18-8-6-15(7-9-18)19(22)25/h1,3,5-9,11,16H,2,4,10,12-13H2,(H2,22,25)(H,23,26). The average molecular weight is 372 g/mol. The molecule has 1 fully saturated rings. The topological polar surface area (TPSA) is 75.4 Å². The summed E-state index contributed by atoms with van der Waals surface area (Å²) in [7, 11) is 0. The molecule has 2 amide bonds. The third kappa shape index (κ3) is 4.84. The quantitative estimate of drug-likeness (QED) is 0.846. The van der Waals surface area contributed by atoms with E-state index >= 15 is 0 Å². The predicted molar refractivity (Wildman–Crippen MR) is 103 cm³/mol. The summed E-state index contributed by atoms with van der Waals surface area (Å²) in [5.74, 6) is -0.529. The van der Waals surface area contributed by atoms with Crippen LogP contribution in [0.5, 0.6) is 0 Å². The van der Waals surface area contributed by atoms with Crippen LogP contribution in [-0.4, -0.2) is 29.8 Å². The van der Waals surface area contributed by atoms with Crippen molar-refractivity contribution in [2.24, 2.45) is 11.7 Å². The fourth-order valence-electron chi connectivity index (χ4n) is 3.27. The van der Waals surface area contributed by atoms with Gasteiger partial charge in [0.2, 0.25) is 11.8 Å². The lowest BCUT2D eigenvalue weighted by Gasteiger charge is -2.32. The van der Waals surface area contributed by atoms with E-state index < -0.39 is 5.91 Å². The average Bonchev–Trinajstić information content (AvgIpc) is 2.62. The first-order chi connectivity index (χ1) is 12.5. The highest BCUT2D eigenvalue weighted by molar-refractivity contribution is 6.30. The van der Waals surface area contributed by atoms with Gasteiger partial charge in [-0.05, 0) is 61.3 Å². The van der Waals surface area contributed by atoms with Crippen LogP contribution in [0.4, 0.5) is 5.69 Å². The van der Waals surface area contributed by atoms with Crippen LogP contribution in [-0.2, 0) is 11.3 Å². The second-order valence-electron chi connectivity index (χ2n) is 6.64. The van der Waals surface area contributed by atoms with Crippen LogP contribution < -0.4 is 11.1 Å². The van der Waals surface area contributed by atoms with Crippen molar-refractivity contribution < 1.29 is 9.59 Å². The van der Waals surface area contributed by atoms with Gasteiger partial charge in [-0.25, -0.2) is 0 Å². The first-order valence-corrected chi connectivity index (χ1v) is 9.06. The first-order valence-electron chi connectivity index (χ1n) is 8.69. The highest BCUT2D eigenvalue weighted by Crippen LogP contribution is 2.21. The second kappa shape index (κ2) is 8.34. The number of carbonyl (C=O) groups excluding carboxylic acids is 2. The van der Waals surface area contributed by atoms with Crippen molar-refractivity contribution in [2.75, 3.05) is 18.4 Å². The molecule has 0 radical (unpaired) electrons. The molecule has 1 unspecified atom stereocenters. The third-order valence-corrected chi connectivity index (χ3v) is 4.84. The zero-order valence-corrected chi connectivity index (χ0v) is 15.2. The van der Waals surface area contributed by atoms with Crippen molar-refractivity contribution in [2.45, 2.75) is 19.4 Å². The molecule has 26 heavy (non-hydrogen) atoms. The fourth-order valence-corrected chi connectivity index (χ4v) is 3.48. The number of carbonyl (C=O) groups is 2. The summed E-state index contributed by atoms with van der Waals surface area (Å²) in [4.78, 5) is 26.0. The van der Waals surface area contributed by atoms with Crippen LogP contribution in [0, 0.1) is 5.92 Å². The summed E-state index contributed by atoms with van der Waals surface area (Å²) < 4.78 is 0. The number of piperidine rings is 1. The van der Waals surface area contributed by atoms with E-state index in [2.05, 4.69) is 16.3 Å². The Hall–Kier alpha value is -2.37. The maximum absolute atomic E-state index is 12.6. The van der Waals surface area contributed by atoms with Gasteiger partial charge in [0.25, 0.3) is 0 Å². The Bertz CT molecular complexity index is 792. The third-order valence-electron chi connectivity index (χ3n) is 4.61. The smallest absolute Gasteiger partial charge is 0.248 e. The number of hydrogen-bond donors (Lipinski definition) is 2. The molecular formula is C20H22ClN3O2. The molecule has 1 atom stereocenters. The van der Waals surface area contributed by atoms with Crippen molar-refractivity contribution >= 4 is 29.1 Å². The lowest BCUT2D eigenvalue weighted by molar-refractivity contribution is -0.121. The summed E-state index contributed by atoms with van der Waals surface area (Å²) in [6, 6.07) is 14.5. The summed E-state index contributed by atoms with van der Waals surface area (Å²) in [5.41, 5.74) is 7.48. The maximum atomic E-state index is 12.6. The molecule has 1 aliphatic rings. The lowest BCUT2D eigenvalue weighted by atomic mass is 9.96. The molecule has 1 aliphatic heterocycles. The van der Waals surface area contributed by atoms with Gasteiger partial charge in [0.05, 0.1) is 5.92 Å². The Kier molecular flexibility index (Phi) is 5.91. The minimum Gasteiger partial charge on any atom is -0.366 e. The number of primary amides is 1. The van der Waals surface area contributed by atoms with E-state index in [1.807, 2.05) is 18.2 Å². The number of amides is 2. The predicted octanol–water partition coefficient (Wildman–Crippen LogP) is 3.29. The molecule has 0 saturated carbocycles. The van der Waals surface area contributed by atoms with Gasteiger partial charge >= 0.3 is 0 Å². The Balaban J connectivity index is 1.58. The Morgan fingerprint density at radius 1 is 1.19 bits per heavy atom. The molecular weight excluding hydrogens is 350 g/mol. The molecule has 1 heterocycles. The number of nitrogens with two attached hydrogens (primary N) is 1. The van der Waals surface area contributed by atoms with E-state index in [0.29, 0.717) is 11.3 Å². The number of halogens is 1. The number of nitrogens with zero attached hydrogens (tertiary/aromatic N) is 1. The van der Waals surface area contributed by atoms with Crippen molar-refractivity contribution in [3.63, 3.8) is 0 Å². The van der Waals surface area contributed by atoms with Crippen molar-refractivity contribution in [3.05, 3.63) is 64.7 Å². The minimum atomic E-state index is -0.480. The number of anilines is 1. The van der Waals surface area contributed by atoms with Crippen LogP contribution in [0.25, 0.3) is 0 Å². The van der Waals surface area contributed by atoms with Gasteiger partial charge in [0.15, 0.2) is 0 Å². The largest absolute Gasteiger partial charge is 0.366 e. The summed E-state index contributed by atoms with van der Waals surface area (Å²) in [6.07, 6.45) is 1.86. The molecule has 1 saturated heterocycles. The Morgan fingerprint density at radius 2 is 1.96 bits per heavy atom. The maximum Gasteiger partial charge on any atom is 0.248 e. The van der Waals surface area contributed by atoms with Crippen LogP contribution in [0.2, 0.25) is 5.02 Å². The van der Waals surface area contributed by atoms with Gasteiger partial charge in [-0.1, -0.05) is 23.7 Å². The molecule has 2 aromatic carbocycles. The van der Waals surface area contributed by atoms with E-state index in [-0.39, 0.29) is 11.8 Å². The molecule has 0 aromatic heterocycles. The van der Waals surface area contributed by atoms with Gasteiger partial charge in [-0.15, -0.1) is 0 Å². The zero-order valence-electron chi connectivity index (χ0n) is 14.5. The Morgan fingerprint density at radius 3 is 2.65 bits per heavy atom. The Labute approximate surface area is 158 Å². The summed E-state index contributed by atoms with van der Waals surface area (Å²) >= 11 is 6.05. The summed E-state index contributed by atoms with van der Waals surface area (Å²) in [5, 5.41) is 3.66. The lowest BCUT2D eigenvalue weighted by Crippen LogP contribution is -2.40. The first kappa shape index (κ1) is 18.4. The number of hydrogen-bond acceptors (Lipinski definition) is 3. The van der Waals surface area contributed by atoms with Gasteiger partial charge in [0, 0.05) is 29.4 Å².